The maximum absolute atomic E-state index is 13.2. The molecule has 1 aliphatic heterocycles. The molecule has 158 valence electrons. The molecular weight excluding hydrogens is 386 g/mol. The molecule has 1 aliphatic rings. The van der Waals surface area contributed by atoms with Gasteiger partial charge < -0.3 is 14.8 Å². The Morgan fingerprint density at radius 1 is 1.03 bits per heavy atom. The summed E-state index contributed by atoms with van der Waals surface area (Å²) in [6, 6.07) is 21.5. The smallest absolute Gasteiger partial charge is 0.225 e. The van der Waals surface area contributed by atoms with Gasteiger partial charge in [0.25, 0.3) is 0 Å². The molecule has 1 N–H and O–H groups in total. The van der Waals surface area contributed by atoms with Crippen molar-refractivity contribution < 1.29 is 14.3 Å². The van der Waals surface area contributed by atoms with Crippen LogP contribution < -0.4 is 14.8 Å². The first kappa shape index (κ1) is 20.7. The SMILES string of the molecule is C=Cc1cccc(OCCCC)c1NC(=O)CC1c2ccccc2Oc2ccccc21. The van der Waals surface area contributed by atoms with Crippen molar-refractivity contribution in [1.82, 2.24) is 0 Å². The number of carbonyl (C=O) groups is 1. The van der Waals surface area contributed by atoms with Gasteiger partial charge in [-0.1, -0.05) is 74.5 Å². The monoisotopic (exact) mass is 413 g/mol. The van der Waals surface area contributed by atoms with Crippen molar-refractivity contribution >= 4 is 17.7 Å². The molecule has 3 aromatic carbocycles. The highest BCUT2D eigenvalue weighted by Gasteiger charge is 2.29. The maximum Gasteiger partial charge on any atom is 0.225 e. The molecule has 0 bridgehead atoms. The maximum atomic E-state index is 13.2. The normalized spacial score (nSPS) is 12.3. The Balaban J connectivity index is 1.60. The van der Waals surface area contributed by atoms with E-state index in [2.05, 4.69) is 18.8 Å². The number of ether oxygens (including phenoxy) is 2. The predicted octanol–water partition coefficient (Wildman–Crippen LogP) is 6.77. The number of benzene rings is 3. The number of rotatable bonds is 8. The van der Waals surface area contributed by atoms with E-state index < -0.39 is 0 Å². The summed E-state index contributed by atoms with van der Waals surface area (Å²) in [5, 5.41) is 3.09. The highest BCUT2D eigenvalue weighted by molar-refractivity contribution is 5.95. The fraction of sp³-hybridized carbons (Fsp3) is 0.222. The first-order chi connectivity index (χ1) is 15.2. The molecule has 4 nitrogen and oxygen atoms in total. The largest absolute Gasteiger partial charge is 0.491 e. The van der Waals surface area contributed by atoms with E-state index in [4.69, 9.17) is 9.47 Å². The van der Waals surface area contributed by atoms with Gasteiger partial charge in [0.2, 0.25) is 5.91 Å². The molecule has 4 rings (SSSR count). The van der Waals surface area contributed by atoms with Crippen LogP contribution in [0.25, 0.3) is 6.08 Å². The topological polar surface area (TPSA) is 47.6 Å². The quantitative estimate of drug-likeness (QED) is 0.414. The summed E-state index contributed by atoms with van der Waals surface area (Å²) in [6.45, 7) is 6.62. The lowest BCUT2D eigenvalue weighted by molar-refractivity contribution is -0.116. The molecule has 4 heteroatoms. The third kappa shape index (κ3) is 4.48. The van der Waals surface area contributed by atoms with Crippen LogP contribution in [0.4, 0.5) is 5.69 Å². The molecule has 0 saturated carbocycles. The number of anilines is 1. The van der Waals surface area contributed by atoms with Crippen molar-refractivity contribution in [1.29, 1.82) is 0 Å². The molecule has 31 heavy (non-hydrogen) atoms. The second-order valence-electron chi connectivity index (χ2n) is 7.61. The zero-order valence-corrected chi connectivity index (χ0v) is 17.8. The molecular formula is C27H27NO3. The van der Waals surface area contributed by atoms with Crippen molar-refractivity contribution in [3.63, 3.8) is 0 Å². The van der Waals surface area contributed by atoms with Crippen LogP contribution in [0.15, 0.2) is 73.3 Å². The molecule has 3 aromatic rings. The van der Waals surface area contributed by atoms with Gasteiger partial charge in [-0.15, -0.1) is 0 Å². The van der Waals surface area contributed by atoms with Crippen LogP contribution in [0.2, 0.25) is 0 Å². The van der Waals surface area contributed by atoms with Gasteiger partial charge in [-0.3, -0.25) is 4.79 Å². The van der Waals surface area contributed by atoms with Crippen molar-refractivity contribution in [3.05, 3.63) is 90.0 Å². The van der Waals surface area contributed by atoms with Crippen molar-refractivity contribution in [2.24, 2.45) is 0 Å². The summed E-state index contributed by atoms with van der Waals surface area (Å²) >= 11 is 0. The molecule has 0 saturated heterocycles. The van der Waals surface area contributed by atoms with E-state index >= 15 is 0 Å². The molecule has 0 radical (unpaired) electrons. The van der Waals surface area contributed by atoms with Gasteiger partial charge >= 0.3 is 0 Å². The van der Waals surface area contributed by atoms with Crippen LogP contribution in [0.1, 0.15) is 48.8 Å². The van der Waals surface area contributed by atoms with Gasteiger partial charge in [-0.2, -0.15) is 0 Å². The summed E-state index contributed by atoms with van der Waals surface area (Å²) in [7, 11) is 0. The minimum Gasteiger partial charge on any atom is -0.491 e. The van der Waals surface area contributed by atoms with Crippen LogP contribution in [0, 0.1) is 0 Å². The van der Waals surface area contributed by atoms with Crippen LogP contribution in [0.3, 0.4) is 0 Å². The lowest BCUT2D eigenvalue weighted by Gasteiger charge is -2.28. The molecule has 0 fully saturated rings. The third-order valence-corrected chi connectivity index (χ3v) is 5.50. The summed E-state index contributed by atoms with van der Waals surface area (Å²) in [5.41, 5.74) is 3.56. The second kappa shape index (κ2) is 9.52. The molecule has 0 atom stereocenters. The van der Waals surface area contributed by atoms with E-state index in [1.807, 2.05) is 66.7 Å². The Morgan fingerprint density at radius 2 is 1.71 bits per heavy atom. The molecule has 1 amide bonds. The second-order valence-corrected chi connectivity index (χ2v) is 7.61. The number of hydrogen-bond donors (Lipinski definition) is 1. The van der Waals surface area contributed by atoms with Gasteiger partial charge in [0.05, 0.1) is 12.3 Å². The number of hydrogen-bond acceptors (Lipinski definition) is 3. The average molecular weight is 414 g/mol. The fourth-order valence-corrected chi connectivity index (χ4v) is 3.90. The Morgan fingerprint density at radius 3 is 2.35 bits per heavy atom. The van der Waals surface area contributed by atoms with E-state index in [0.717, 1.165) is 41.0 Å². The first-order valence-corrected chi connectivity index (χ1v) is 10.7. The Hall–Kier alpha value is -3.53. The molecule has 0 aliphatic carbocycles. The minimum absolute atomic E-state index is 0.0776. The van der Waals surface area contributed by atoms with E-state index in [9.17, 15) is 4.79 Å². The van der Waals surface area contributed by atoms with Gasteiger partial charge in [0, 0.05) is 29.0 Å². The molecule has 0 spiro atoms. The number of amides is 1. The van der Waals surface area contributed by atoms with Gasteiger partial charge in [0.1, 0.15) is 17.2 Å². The summed E-state index contributed by atoms with van der Waals surface area (Å²) < 4.78 is 12.0. The Labute approximate surface area is 183 Å². The van der Waals surface area contributed by atoms with Crippen LogP contribution >= 0.6 is 0 Å². The Kier molecular flexibility index (Phi) is 6.37. The van der Waals surface area contributed by atoms with E-state index in [1.54, 1.807) is 6.08 Å². The van der Waals surface area contributed by atoms with E-state index in [-0.39, 0.29) is 11.8 Å². The third-order valence-electron chi connectivity index (χ3n) is 5.50. The van der Waals surface area contributed by atoms with Crippen LogP contribution in [-0.2, 0) is 4.79 Å². The van der Waals surface area contributed by atoms with Gasteiger partial charge in [-0.05, 0) is 24.6 Å². The van der Waals surface area contributed by atoms with E-state index in [1.165, 1.54) is 0 Å². The Bertz CT molecular complexity index is 1040. The van der Waals surface area contributed by atoms with Crippen molar-refractivity contribution in [3.8, 4) is 17.2 Å². The summed E-state index contributed by atoms with van der Waals surface area (Å²) in [4.78, 5) is 13.2. The standard InChI is InChI=1S/C27H27NO3/c1-3-5-17-30-25-16-10-11-19(4-2)27(25)28-26(29)18-22-20-12-6-8-14-23(20)31-24-15-9-7-13-21(22)24/h4,6-16,22H,2-3,5,17-18H2,1H3,(H,28,29). The highest BCUT2D eigenvalue weighted by Crippen LogP contribution is 2.45. The summed E-state index contributed by atoms with van der Waals surface area (Å²) in [5.74, 6) is 2.11. The molecule has 1 heterocycles. The summed E-state index contributed by atoms with van der Waals surface area (Å²) in [6.07, 6.45) is 4.05. The lowest BCUT2D eigenvalue weighted by atomic mass is 9.85. The van der Waals surface area contributed by atoms with Gasteiger partial charge in [-0.25, -0.2) is 0 Å². The predicted molar refractivity (Wildman–Crippen MR) is 125 cm³/mol. The molecule has 0 aromatic heterocycles. The minimum atomic E-state index is -0.0819. The zero-order valence-electron chi connectivity index (χ0n) is 17.8. The number of nitrogens with one attached hydrogen (secondary N) is 1. The van der Waals surface area contributed by atoms with Crippen molar-refractivity contribution in [2.45, 2.75) is 32.1 Å². The first-order valence-electron chi connectivity index (χ1n) is 10.7. The number of para-hydroxylation sites is 3. The lowest BCUT2D eigenvalue weighted by Crippen LogP contribution is -2.20. The van der Waals surface area contributed by atoms with Crippen LogP contribution in [-0.4, -0.2) is 12.5 Å². The number of unbranched alkanes of at least 4 members (excludes halogenated alkanes) is 1. The van der Waals surface area contributed by atoms with Crippen LogP contribution in [0.5, 0.6) is 17.2 Å². The number of fused-ring (bicyclic) bond motifs is 2. The fourth-order valence-electron chi connectivity index (χ4n) is 3.90. The highest BCUT2D eigenvalue weighted by atomic mass is 16.5. The number of carbonyl (C=O) groups excluding carboxylic acids is 1. The molecule has 0 unspecified atom stereocenters. The zero-order chi connectivity index (χ0) is 21.6. The van der Waals surface area contributed by atoms with E-state index in [0.29, 0.717) is 24.5 Å². The van der Waals surface area contributed by atoms with Crippen molar-refractivity contribution in [2.75, 3.05) is 11.9 Å². The van der Waals surface area contributed by atoms with Gasteiger partial charge in [0.15, 0.2) is 0 Å². The average Bonchev–Trinajstić information content (AvgIpc) is 2.80.